The normalized spacial score (nSPS) is 7.82. The first kappa shape index (κ1) is 23.2. The minimum absolute atomic E-state index is 0. The Hall–Kier alpha value is 2.08. The Labute approximate surface area is 115 Å². The van der Waals surface area contributed by atoms with Crippen LogP contribution in [0.4, 0.5) is 0 Å². The third-order valence-electron chi connectivity index (χ3n) is 0. The average molecular weight is 228 g/mol. The van der Waals surface area contributed by atoms with Gasteiger partial charge < -0.3 is 35.5 Å². The molecule has 6 N–H and O–H groups in total. The van der Waals surface area contributed by atoms with Crippen molar-refractivity contribution in [1.82, 2.24) is 0 Å². The zero-order valence-electron chi connectivity index (χ0n) is 9.53. The molecule has 0 radical (unpaired) electrons. The van der Waals surface area contributed by atoms with Crippen LogP contribution >= 0.6 is 7.82 Å². The first-order valence-electron chi connectivity index (χ1n) is 1.56. The van der Waals surface area contributed by atoms with E-state index in [1.54, 1.807) is 0 Å². The summed E-state index contributed by atoms with van der Waals surface area (Å²) < 4.78 is 8.88. The van der Waals surface area contributed by atoms with Crippen LogP contribution in [0.3, 0.4) is 0 Å². The molecule has 0 saturated carbocycles. The summed E-state index contributed by atoms with van der Waals surface area (Å²) in [5, 5.41) is 21.5. The van der Waals surface area contributed by atoms with Gasteiger partial charge in [0, 0.05) is 0 Å². The van der Waals surface area contributed by atoms with E-state index in [1.807, 2.05) is 0 Å². The second-order valence-electron chi connectivity index (χ2n) is 0.860. The van der Waals surface area contributed by atoms with E-state index >= 15 is 0 Å². The topological polar surface area (TPSA) is 138 Å². The van der Waals surface area contributed by atoms with Crippen LogP contribution in [-0.4, -0.2) is 97.9 Å². The van der Waals surface area contributed by atoms with E-state index in [1.165, 1.54) is 0 Å². The summed E-state index contributed by atoms with van der Waals surface area (Å²) >= 11 is 0. The van der Waals surface area contributed by atoms with Gasteiger partial charge >= 0.3 is 75.9 Å². The van der Waals surface area contributed by atoms with Gasteiger partial charge in [0.2, 0.25) is 0 Å². The van der Waals surface area contributed by atoms with Crippen LogP contribution in [0.2, 0.25) is 0 Å². The molecule has 0 spiro atoms. The van der Waals surface area contributed by atoms with Crippen molar-refractivity contribution in [2.45, 2.75) is 0 Å². The predicted octanol–water partition coefficient (Wildman–Crippen LogP) is -3.29. The zero-order valence-corrected chi connectivity index (χ0v) is 10.0. The maximum atomic E-state index is 8.88. The zero-order chi connectivity index (χ0) is 8.08. The van der Waals surface area contributed by atoms with E-state index in [4.69, 9.17) is 34.3 Å². The maximum Gasteiger partial charge on any atom is 2.00 e. The number of hydrogen-bond donors (Lipinski definition) is 6. The van der Waals surface area contributed by atoms with E-state index in [2.05, 4.69) is 0 Å². The fourth-order valence-corrected chi connectivity index (χ4v) is 0. The van der Waals surface area contributed by atoms with Gasteiger partial charge in [-0.3, -0.25) is 0 Å². The fraction of sp³-hybridized carbons (Fsp3) is 0. The second-order valence-corrected chi connectivity index (χ2v) is 1.89. The molecule has 0 atom stereocenters. The Morgan fingerprint density at radius 1 is 1.09 bits per heavy atom. The molecule has 11 heteroatoms. The Bertz CT molecular complexity index is 102. The Kier molecular flexibility index (Phi) is 25.4. The molecule has 0 aromatic rings. The van der Waals surface area contributed by atoms with Crippen LogP contribution in [0.25, 0.3) is 0 Å². The molecule has 0 saturated heterocycles. The molecule has 0 aliphatic rings. The van der Waals surface area contributed by atoms with Gasteiger partial charge in [-0.05, 0) is 0 Å². The Morgan fingerprint density at radius 2 is 1.09 bits per heavy atom. The van der Waals surface area contributed by atoms with Gasteiger partial charge in [-0.2, -0.15) is 0 Å². The van der Waals surface area contributed by atoms with Crippen molar-refractivity contribution in [3.63, 3.8) is 0 Å². The number of phosphoric acid groups is 1. The summed E-state index contributed by atoms with van der Waals surface area (Å²) in [4.78, 5) is 21.6. The van der Waals surface area contributed by atoms with Crippen molar-refractivity contribution < 1.29 is 40.0 Å². The van der Waals surface area contributed by atoms with Gasteiger partial charge in [0.1, 0.15) is 0 Å². The molecule has 0 bridgehead atoms. The van der Waals surface area contributed by atoms with Crippen molar-refractivity contribution in [1.29, 1.82) is 0 Å². The molecule has 0 fully saturated rings. The summed E-state index contributed by atoms with van der Waals surface area (Å²) in [7, 11) is -6.81. The summed E-state index contributed by atoms with van der Waals surface area (Å²) in [6.45, 7) is 0. The van der Waals surface area contributed by atoms with Gasteiger partial charge in [0.05, 0.1) is 0 Å². The van der Waals surface area contributed by atoms with E-state index in [0.717, 1.165) is 0 Å². The van der Waals surface area contributed by atoms with Crippen LogP contribution in [0.5, 0.6) is 0 Å². The number of rotatable bonds is 0. The third-order valence-corrected chi connectivity index (χ3v) is 0. The molecule has 64 valence electrons. The van der Waals surface area contributed by atoms with Crippen LogP contribution < -0.4 is 0 Å². The van der Waals surface area contributed by atoms with Gasteiger partial charge in [-0.15, -0.1) is 0 Å². The molecular weight excluding hydrogens is 218 g/mol. The van der Waals surface area contributed by atoms with Gasteiger partial charge in [0.15, 0.2) is 0 Å². The molecule has 0 heterocycles. The average Bonchev–Trinajstić information content (AvgIpc) is 1.19. The molecule has 7 nitrogen and oxygen atoms in total. The van der Waals surface area contributed by atoms with E-state index in [0.29, 0.717) is 0 Å². The van der Waals surface area contributed by atoms with Gasteiger partial charge in [-0.25, -0.2) is 4.57 Å². The third kappa shape index (κ3) is 284. The Balaban J connectivity index is -0.00000000785. The minimum atomic E-state index is -4.64. The van der Waals surface area contributed by atoms with Crippen LogP contribution in [0.15, 0.2) is 0 Å². The van der Waals surface area contributed by atoms with Crippen molar-refractivity contribution in [3.05, 3.63) is 0 Å². The van der Waals surface area contributed by atoms with Crippen molar-refractivity contribution in [2.24, 2.45) is 0 Å². The van der Waals surface area contributed by atoms with Crippen LogP contribution in [0.1, 0.15) is 5.71 Å². The molecule has 0 aliphatic carbocycles. The number of hydrogen-bond acceptors (Lipinski definition) is 4. The van der Waals surface area contributed by atoms with E-state index in [-0.39, 0.29) is 66.5 Å². The van der Waals surface area contributed by atoms with E-state index in [9.17, 15) is 0 Å². The monoisotopic (exact) mass is 228 g/mol. The second kappa shape index (κ2) is 12.1. The SMILES string of the molecule is O=P(O)(O)O.OB(O)O.[Ca+2].[H-].[H-].[H-].[H-].[Mg+2]. The largest absolute Gasteiger partial charge is 2.00 e. The van der Waals surface area contributed by atoms with Crippen molar-refractivity contribution in [2.75, 3.05) is 0 Å². The smallest absolute Gasteiger partial charge is 1.00 e. The fourth-order valence-electron chi connectivity index (χ4n) is 0. The summed E-state index contributed by atoms with van der Waals surface area (Å²) in [6, 6.07) is 0. The molecular formula is H10BCaMgO7P. The van der Waals surface area contributed by atoms with Crippen molar-refractivity contribution in [3.8, 4) is 0 Å². The first-order valence-corrected chi connectivity index (χ1v) is 3.12. The maximum absolute atomic E-state index is 8.88. The quantitative estimate of drug-likeness (QED) is 0.189. The summed E-state index contributed by atoms with van der Waals surface area (Å²) in [6.07, 6.45) is 0. The minimum Gasteiger partial charge on any atom is -1.00 e. The Morgan fingerprint density at radius 3 is 1.09 bits per heavy atom. The summed E-state index contributed by atoms with van der Waals surface area (Å²) in [5.74, 6) is 0. The molecule has 0 rings (SSSR count). The van der Waals surface area contributed by atoms with E-state index < -0.39 is 15.1 Å². The predicted molar refractivity (Wildman–Crippen MR) is 42.6 cm³/mol. The van der Waals surface area contributed by atoms with Gasteiger partial charge in [0.25, 0.3) is 0 Å². The first-order chi connectivity index (χ1) is 3.73. The molecule has 0 aromatic carbocycles. The summed E-state index contributed by atoms with van der Waals surface area (Å²) in [5.41, 5.74) is 0. The van der Waals surface area contributed by atoms with Gasteiger partial charge in [-0.1, -0.05) is 0 Å². The molecule has 0 unspecified atom stereocenters. The van der Waals surface area contributed by atoms with Crippen LogP contribution in [0, 0.1) is 0 Å². The van der Waals surface area contributed by atoms with Crippen LogP contribution in [-0.2, 0) is 4.57 Å². The molecule has 0 aromatic heterocycles. The standard InChI is InChI=1S/BH3O3.Ca.Mg.H3O4P.4H/c2-1(3)4;;;1-5(2,3)4;;;;/h2-4H;;;(H3,1,2,3,4);;;;/q;2*+2;;4*-1. The molecule has 0 amide bonds. The van der Waals surface area contributed by atoms with Crippen molar-refractivity contribution >= 4 is 75.9 Å². The molecule has 0 aliphatic heterocycles. The molecule has 11 heavy (non-hydrogen) atoms.